The monoisotopic (exact) mass is 349 g/mol. The summed E-state index contributed by atoms with van der Waals surface area (Å²) in [6.07, 6.45) is 1.10. The lowest BCUT2D eigenvalue weighted by atomic mass is 10.0. The van der Waals surface area contributed by atoms with Crippen LogP contribution in [0.3, 0.4) is 0 Å². The lowest BCUT2D eigenvalue weighted by Gasteiger charge is -2.17. The van der Waals surface area contributed by atoms with Crippen molar-refractivity contribution in [3.05, 3.63) is 57.8 Å². The molecule has 20 heavy (non-hydrogen) atoms. The minimum atomic E-state index is 0.101. The van der Waals surface area contributed by atoms with E-state index in [0.717, 1.165) is 23.4 Å². The summed E-state index contributed by atoms with van der Waals surface area (Å²) in [5.41, 5.74) is 1.28. The topological polar surface area (TPSA) is 25.2 Å². The summed E-state index contributed by atoms with van der Waals surface area (Å²) in [5, 5.41) is 7.02. The van der Waals surface area contributed by atoms with E-state index in [1.165, 1.54) is 15.6 Å². The Hall–Kier alpha value is -1.10. The second-order valence-corrected chi connectivity index (χ2v) is 6.41. The van der Waals surface area contributed by atoms with Crippen molar-refractivity contribution in [3.63, 3.8) is 0 Å². The van der Waals surface area contributed by atoms with Gasteiger partial charge in [-0.1, -0.05) is 25.1 Å². The fraction of sp³-hybridized carbons (Fsp3) is 0.250. The molecular weight excluding hydrogens is 334 g/mol. The number of halogens is 1. The molecule has 1 aromatic carbocycles. The maximum absolute atomic E-state index is 5.78. The summed E-state index contributed by atoms with van der Waals surface area (Å²) in [5.74, 6) is 0.950. The SMILES string of the molecule is CCCNC(c1ccc(Br)o1)c1cccc2ccsc12. The van der Waals surface area contributed by atoms with Gasteiger partial charge in [-0.15, -0.1) is 11.3 Å². The first kappa shape index (κ1) is 13.9. The van der Waals surface area contributed by atoms with E-state index in [9.17, 15) is 0 Å². The van der Waals surface area contributed by atoms with E-state index in [-0.39, 0.29) is 6.04 Å². The Kier molecular flexibility index (Phi) is 4.24. The van der Waals surface area contributed by atoms with Crippen LogP contribution in [-0.4, -0.2) is 6.54 Å². The third-order valence-corrected chi connectivity index (χ3v) is 4.70. The first-order chi connectivity index (χ1) is 9.79. The Balaban J connectivity index is 2.06. The fourth-order valence-electron chi connectivity index (χ4n) is 2.38. The molecule has 0 saturated carbocycles. The number of nitrogens with one attached hydrogen (secondary N) is 1. The van der Waals surface area contributed by atoms with E-state index in [0.29, 0.717) is 0 Å². The summed E-state index contributed by atoms with van der Waals surface area (Å²) in [4.78, 5) is 0. The molecule has 3 aromatic rings. The van der Waals surface area contributed by atoms with E-state index in [1.807, 2.05) is 12.1 Å². The molecule has 0 aliphatic rings. The summed E-state index contributed by atoms with van der Waals surface area (Å²) < 4.78 is 7.88. The minimum Gasteiger partial charge on any atom is -0.452 e. The largest absolute Gasteiger partial charge is 0.452 e. The predicted octanol–water partition coefficient (Wildman–Crippen LogP) is 5.35. The molecule has 2 aromatic heterocycles. The van der Waals surface area contributed by atoms with Crippen LogP contribution in [0, 0.1) is 0 Å². The van der Waals surface area contributed by atoms with Crippen LogP contribution in [0.15, 0.2) is 50.9 Å². The maximum atomic E-state index is 5.78. The van der Waals surface area contributed by atoms with Crippen LogP contribution >= 0.6 is 27.3 Å². The normalized spacial score (nSPS) is 12.9. The fourth-order valence-corrected chi connectivity index (χ4v) is 3.64. The lowest BCUT2D eigenvalue weighted by Crippen LogP contribution is -2.22. The zero-order valence-corrected chi connectivity index (χ0v) is 13.6. The number of rotatable bonds is 5. The Morgan fingerprint density at radius 1 is 1.25 bits per heavy atom. The quantitative estimate of drug-likeness (QED) is 0.671. The van der Waals surface area contributed by atoms with Crippen LogP contribution in [0.2, 0.25) is 0 Å². The highest BCUT2D eigenvalue weighted by Crippen LogP contribution is 2.33. The molecule has 0 aliphatic heterocycles. The number of hydrogen-bond donors (Lipinski definition) is 1. The number of hydrogen-bond acceptors (Lipinski definition) is 3. The van der Waals surface area contributed by atoms with Gasteiger partial charge in [0.1, 0.15) is 5.76 Å². The molecule has 0 amide bonds. The summed E-state index contributed by atoms with van der Waals surface area (Å²) in [6, 6.07) is 12.7. The smallest absolute Gasteiger partial charge is 0.169 e. The van der Waals surface area contributed by atoms with Gasteiger partial charge in [0, 0.05) is 4.70 Å². The Labute approximate surface area is 130 Å². The molecule has 1 unspecified atom stereocenters. The molecule has 0 fully saturated rings. The number of fused-ring (bicyclic) bond motifs is 1. The third kappa shape index (κ3) is 2.68. The third-order valence-electron chi connectivity index (χ3n) is 3.30. The maximum Gasteiger partial charge on any atom is 0.169 e. The molecule has 2 heterocycles. The summed E-state index contributed by atoms with van der Waals surface area (Å²) in [7, 11) is 0. The average molecular weight is 350 g/mol. The van der Waals surface area contributed by atoms with Gasteiger partial charge < -0.3 is 9.73 Å². The Bertz CT molecular complexity index is 703. The van der Waals surface area contributed by atoms with E-state index in [1.54, 1.807) is 11.3 Å². The van der Waals surface area contributed by atoms with Crippen LogP contribution in [0.4, 0.5) is 0 Å². The van der Waals surface area contributed by atoms with Gasteiger partial charge in [-0.2, -0.15) is 0 Å². The van der Waals surface area contributed by atoms with E-state index < -0.39 is 0 Å². The van der Waals surface area contributed by atoms with Gasteiger partial charge in [-0.25, -0.2) is 0 Å². The summed E-state index contributed by atoms with van der Waals surface area (Å²) in [6.45, 7) is 3.14. The average Bonchev–Trinajstić information content (AvgIpc) is 3.08. The van der Waals surface area contributed by atoms with E-state index in [2.05, 4.69) is 57.8 Å². The van der Waals surface area contributed by atoms with Crippen LogP contribution in [0.5, 0.6) is 0 Å². The van der Waals surface area contributed by atoms with Crippen molar-refractivity contribution < 1.29 is 4.42 Å². The van der Waals surface area contributed by atoms with Gasteiger partial charge in [-0.05, 0) is 63.4 Å². The van der Waals surface area contributed by atoms with Crippen molar-refractivity contribution in [2.75, 3.05) is 6.54 Å². The second kappa shape index (κ2) is 6.12. The Morgan fingerprint density at radius 2 is 2.15 bits per heavy atom. The highest BCUT2D eigenvalue weighted by Gasteiger charge is 2.19. The van der Waals surface area contributed by atoms with Gasteiger partial charge in [0.15, 0.2) is 4.67 Å². The van der Waals surface area contributed by atoms with Crippen LogP contribution < -0.4 is 5.32 Å². The predicted molar refractivity (Wildman–Crippen MR) is 88.4 cm³/mol. The van der Waals surface area contributed by atoms with Crippen molar-refractivity contribution >= 4 is 37.4 Å². The zero-order valence-electron chi connectivity index (χ0n) is 11.2. The highest BCUT2D eigenvalue weighted by atomic mass is 79.9. The lowest BCUT2D eigenvalue weighted by molar-refractivity contribution is 0.434. The van der Waals surface area contributed by atoms with Gasteiger partial charge in [0.05, 0.1) is 6.04 Å². The van der Waals surface area contributed by atoms with Crippen LogP contribution in [0.25, 0.3) is 10.1 Å². The van der Waals surface area contributed by atoms with Crippen LogP contribution in [0.1, 0.15) is 30.7 Å². The Morgan fingerprint density at radius 3 is 2.90 bits per heavy atom. The van der Waals surface area contributed by atoms with Gasteiger partial charge >= 0.3 is 0 Å². The molecule has 0 radical (unpaired) electrons. The van der Waals surface area contributed by atoms with Crippen LogP contribution in [-0.2, 0) is 0 Å². The molecule has 0 bridgehead atoms. The number of furan rings is 1. The summed E-state index contributed by atoms with van der Waals surface area (Å²) >= 11 is 5.18. The highest BCUT2D eigenvalue weighted by molar-refractivity contribution is 9.10. The minimum absolute atomic E-state index is 0.101. The molecule has 0 aliphatic carbocycles. The van der Waals surface area contributed by atoms with Crippen molar-refractivity contribution in [1.29, 1.82) is 0 Å². The number of thiophene rings is 1. The molecule has 0 saturated heterocycles. The molecule has 2 nitrogen and oxygen atoms in total. The van der Waals surface area contributed by atoms with E-state index >= 15 is 0 Å². The van der Waals surface area contributed by atoms with Gasteiger partial charge in [0.25, 0.3) is 0 Å². The van der Waals surface area contributed by atoms with Crippen molar-refractivity contribution in [2.45, 2.75) is 19.4 Å². The molecular formula is C16H16BrNOS. The van der Waals surface area contributed by atoms with E-state index in [4.69, 9.17) is 4.42 Å². The zero-order chi connectivity index (χ0) is 13.9. The standard InChI is InChI=1S/C16H16BrNOS/c1-2-9-18-15(13-6-7-14(17)19-13)12-5-3-4-11-8-10-20-16(11)12/h3-8,10,15,18H,2,9H2,1H3. The molecule has 1 atom stereocenters. The molecule has 3 rings (SSSR count). The van der Waals surface area contributed by atoms with Crippen molar-refractivity contribution in [3.8, 4) is 0 Å². The molecule has 104 valence electrons. The van der Waals surface area contributed by atoms with Gasteiger partial charge in [-0.3, -0.25) is 0 Å². The second-order valence-electron chi connectivity index (χ2n) is 4.72. The number of benzene rings is 1. The first-order valence-corrected chi connectivity index (χ1v) is 8.41. The van der Waals surface area contributed by atoms with Crippen molar-refractivity contribution in [1.82, 2.24) is 5.32 Å². The van der Waals surface area contributed by atoms with Crippen molar-refractivity contribution in [2.24, 2.45) is 0 Å². The molecule has 0 spiro atoms. The molecule has 4 heteroatoms. The van der Waals surface area contributed by atoms with Gasteiger partial charge in [0.2, 0.25) is 0 Å². The first-order valence-electron chi connectivity index (χ1n) is 6.74. The molecule has 1 N–H and O–H groups in total.